The van der Waals surface area contributed by atoms with Crippen LogP contribution < -0.4 is 16.8 Å². The average molecular weight is 209 g/mol. The quantitative estimate of drug-likeness (QED) is 0.646. The minimum atomic E-state index is -0.478. The molecule has 0 spiro atoms. The van der Waals surface area contributed by atoms with E-state index in [0.29, 0.717) is 11.6 Å². The molecule has 6 nitrogen and oxygen atoms in total. The normalized spacial score (nSPS) is 12.5. The third kappa shape index (κ3) is 3.08. The van der Waals surface area contributed by atoms with Gasteiger partial charge in [-0.1, -0.05) is 13.8 Å². The Hall–Kier alpha value is -1.85. The fraction of sp³-hybridized carbons (Fsp3) is 0.444. The molecule has 0 aromatic carbocycles. The van der Waals surface area contributed by atoms with E-state index in [1.165, 1.54) is 12.4 Å². The van der Waals surface area contributed by atoms with E-state index in [0.717, 1.165) is 0 Å². The van der Waals surface area contributed by atoms with Crippen LogP contribution in [0.2, 0.25) is 0 Å². The van der Waals surface area contributed by atoms with Gasteiger partial charge >= 0.3 is 0 Å². The number of carbonyl (C=O) groups excluding carboxylic acids is 1. The number of nitrogen functional groups attached to an aromatic ring is 1. The maximum absolute atomic E-state index is 11.1. The summed E-state index contributed by atoms with van der Waals surface area (Å²) in [6, 6.07) is -0.478. The lowest BCUT2D eigenvalue weighted by atomic mass is 10.0. The van der Waals surface area contributed by atoms with Gasteiger partial charge in [0.25, 0.3) is 0 Å². The first-order chi connectivity index (χ1) is 7.00. The first-order valence-corrected chi connectivity index (χ1v) is 4.64. The summed E-state index contributed by atoms with van der Waals surface area (Å²) in [4.78, 5) is 18.9. The molecule has 1 aromatic rings. The summed E-state index contributed by atoms with van der Waals surface area (Å²) >= 11 is 0. The minimum Gasteiger partial charge on any atom is -0.396 e. The highest BCUT2D eigenvalue weighted by molar-refractivity contribution is 5.82. The van der Waals surface area contributed by atoms with Crippen LogP contribution in [-0.2, 0) is 4.79 Å². The number of nitrogens with two attached hydrogens (primary N) is 2. The van der Waals surface area contributed by atoms with Crippen LogP contribution in [0.25, 0.3) is 0 Å². The summed E-state index contributed by atoms with van der Waals surface area (Å²) < 4.78 is 0. The lowest BCUT2D eigenvalue weighted by molar-refractivity contribution is -0.119. The molecule has 1 amide bonds. The Morgan fingerprint density at radius 3 is 2.33 bits per heavy atom. The minimum absolute atomic E-state index is 0.0728. The molecule has 5 N–H and O–H groups in total. The molecule has 0 radical (unpaired) electrons. The summed E-state index contributed by atoms with van der Waals surface area (Å²) in [5, 5.41) is 2.85. The molecule has 1 heterocycles. The van der Waals surface area contributed by atoms with E-state index >= 15 is 0 Å². The highest BCUT2D eigenvalue weighted by Crippen LogP contribution is 2.08. The highest BCUT2D eigenvalue weighted by atomic mass is 16.1. The lowest BCUT2D eigenvalue weighted by Crippen LogP contribution is -2.40. The third-order valence-electron chi connectivity index (χ3n) is 1.93. The Balaban J connectivity index is 2.74. The molecule has 0 saturated carbocycles. The zero-order valence-electron chi connectivity index (χ0n) is 8.77. The zero-order valence-corrected chi connectivity index (χ0v) is 8.77. The molecule has 82 valence electrons. The van der Waals surface area contributed by atoms with Crippen molar-refractivity contribution in [3.05, 3.63) is 12.4 Å². The van der Waals surface area contributed by atoms with Crippen LogP contribution in [0.15, 0.2) is 12.4 Å². The number of nitrogens with zero attached hydrogens (tertiary/aromatic N) is 2. The van der Waals surface area contributed by atoms with Gasteiger partial charge < -0.3 is 16.8 Å². The van der Waals surface area contributed by atoms with Gasteiger partial charge in [-0.2, -0.15) is 0 Å². The van der Waals surface area contributed by atoms with Crippen LogP contribution in [0.5, 0.6) is 0 Å². The van der Waals surface area contributed by atoms with Gasteiger partial charge in [0, 0.05) is 0 Å². The van der Waals surface area contributed by atoms with Gasteiger partial charge in [0.1, 0.15) is 6.04 Å². The van der Waals surface area contributed by atoms with Gasteiger partial charge in [0.2, 0.25) is 11.9 Å². The molecule has 15 heavy (non-hydrogen) atoms. The van der Waals surface area contributed by atoms with Crippen molar-refractivity contribution >= 4 is 17.5 Å². The van der Waals surface area contributed by atoms with E-state index in [9.17, 15) is 4.79 Å². The Kier molecular flexibility index (Phi) is 3.43. The van der Waals surface area contributed by atoms with Crippen LogP contribution in [-0.4, -0.2) is 21.9 Å². The summed E-state index contributed by atoms with van der Waals surface area (Å²) in [6.45, 7) is 3.78. The monoisotopic (exact) mass is 209 g/mol. The second-order valence-corrected chi connectivity index (χ2v) is 3.61. The van der Waals surface area contributed by atoms with Crippen molar-refractivity contribution in [1.82, 2.24) is 9.97 Å². The molecule has 0 fully saturated rings. The largest absolute Gasteiger partial charge is 0.396 e. The maximum Gasteiger partial charge on any atom is 0.240 e. The number of rotatable bonds is 4. The summed E-state index contributed by atoms with van der Waals surface area (Å²) in [7, 11) is 0. The number of aromatic nitrogens is 2. The van der Waals surface area contributed by atoms with Crippen molar-refractivity contribution in [2.45, 2.75) is 19.9 Å². The highest BCUT2D eigenvalue weighted by Gasteiger charge is 2.19. The molecule has 1 unspecified atom stereocenters. The van der Waals surface area contributed by atoms with Gasteiger partial charge in [-0.3, -0.25) is 4.79 Å². The van der Waals surface area contributed by atoms with E-state index < -0.39 is 11.9 Å². The second kappa shape index (κ2) is 4.59. The van der Waals surface area contributed by atoms with Crippen molar-refractivity contribution in [3.8, 4) is 0 Å². The summed E-state index contributed by atoms with van der Waals surface area (Å²) in [5.41, 5.74) is 11.1. The van der Waals surface area contributed by atoms with Gasteiger partial charge in [0.15, 0.2) is 0 Å². The van der Waals surface area contributed by atoms with Crippen LogP contribution >= 0.6 is 0 Å². The van der Waals surface area contributed by atoms with Crippen molar-refractivity contribution in [2.75, 3.05) is 11.1 Å². The molecule has 0 bridgehead atoms. The van der Waals surface area contributed by atoms with Crippen molar-refractivity contribution < 1.29 is 4.79 Å². The topological polar surface area (TPSA) is 107 Å². The van der Waals surface area contributed by atoms with Gasteiger partial charge in [-0.05, 0) is 5.92 Å². The average Bonchev–Trinajstić information content (AvgIpc) is 2.15. The summed E-state index contributed by atoms with van der Waals surface area (Å²) in [5.74, 6) is -0.00391. The van der Waals surface area contributed by atoms with Crippen molar-refractivity contribution in [1.29, 1.82) is 0 Å². The van der Waals surface area contributed by atoms with Crippen molar-refractivity contribution in [2.24, 2.45) is 11.7 Å². The van der Waals surface area contributed by atoms with E-state index in [1.54, 1.807) is 0 Å². The number of amides is 1. The van der Waals surface area contributed by atoms with Gasteiger partial charge in [-0.25, -0.2) is 9.97 Å². The van der Waals surface area contributed by atoms with Crippen molar-refractivity contribution in [3.63, 3.8) is 0 Å². The number of carbonyl (C=O) groups is 1. The molecular formula is C9H15N5O. The number of nitrogens with one attached hydrogen (secondary N) is 1. The first kappa shape index (κ1) is 11.2. The molecule has 1 aromatic heterocycles. The van der Waals surface area contributed by atoms with E-state index in [2.05, 4.69) is 15.3 Å². The van der Waals surface area contributed by atoms with Crippen LogP contribution in [0, 0.1) is 5.92 Å². The number of primary amides is 1. The Morgan fingerprint density at radius 1 is 1.40 bits per heavy atom. The molecule has 1 rings (SSSR count). The molecule has 0 aliphatic rings. The second-order valence-electron chi connectivity index (χ2n) is 3.61. The first-order valence-electron chi connectivity index (χ1n) is 4.64. The summed E-state index contributed by atoms with van der Waals surface area (Å²) in [6.07, 6.45) is 2.93. The van der Waals surface area contributed by atoms with Gasteiger partial charge in [-0.15, -0.1) is 0 Å². The van der Waals surface area contributed by atoms with E-state index in [-0.39, 0.29) is 5.92 Å². The lowest BCUT2D eigenvalue weighted by Gasteiger charge is -2.18. The molecular weight excluding hydrogens is 194 g/mol. The molecule has 0 aliphatic heterocycles. The zero-order chi connectivity index (χ0) is 11.4. The Bertz CT molecular complexity index is 335. The third-order valence-corrected chi connectivity index (χ3v) is 1.93. The fourth-order valence-electron chi connectivity index (χ4n) is 1.12. The fourth-order valence-corrected chi connectivity index (χ4v) is 1.12. The maximum atomic E-state index is 11.1. The molecule has 0 saturated heterocycles. The molecule has 6 heteroatoms. The number of anilines is 2. The SMILES string of the molecule is CC(C)C(Nc1ncc(N)cn1)C(N)=O. The van der Waals surface area contributed by atoms with Crippen LogP contribution in [0.3, 0.4) is 0 Å². The molecule has 0 aliphatic carbocycles. The smallest absolute Gasteiger partial charge is 0.240 e. The predicted molar refractivity (Wildman–Crippen MR) is 57.9 cm³/mol. The number of hydrogen-bond donors (Lipinski definition) is 3. The van der Waals surface area contributed by atoms with E-state index in [1.807, 2.05) is 13.8 Å². The molecule has 1 atom stereocenters. The number of hydrogen-bond acceptors (Lipinski definition) is 5. The van der Waals surface area contributed by atoms with Gasteiger partial charge in [0.05, 0.1) is 18.1 Å². The predicted octanol–water partition coefficient (Wildman–Crippen LogP) is -0.0194. The van der Waals surface area contributed by atoms with E-state index in [4.69, 9.17) is 11.5 Å². The van der Waals surface area contributed by atoms with Crippen LogP contribution in [0.4, 0.5) is 11.6 Å². The van der Waals surface area contributed by atoms with Crippen LogP contribution in [0.1, 0.15) is 13.8 Å². The Labute approximate surface area is 88.1 Å². The Morgan fingerprint density at radius 2 is 1.93 bits per heavy atom. The standard InChI is InChI=1S/C9H15N5O/c1-5(2)7(8(11)15)14-9-12-3-6(10)4-13-9/h3-5,7H,10H2,1-2H3,(H2,11,15)(H,12,13,14).